The number of rotatable bonds is 2. The maximum Gasteiger partial charge on any atom is 0.411 e. The van der Waals surface area contributed by atoms with Crippen LogP contribution in [0.4, 0.5) is 10.5 Å². The maximum atomic E-state index is 12.9. The van der Waals surface area contributed by atoms with Crippen LogP contribution in [0.25, 0.3) is 0 Å². The van der Waals surface area contributed by atoms with Gasteiger partial charge in [0.1, 0.15) is 0 Å². The molecule has 5 atom stereocenters. The fourth-order valence-corrected chi connectivity index (χ4v) is 8.05. The number of piperidine rings is 2. The third-order valence-electron chi connectivity index (χ3n) is 9.58. The van der Waals surface area contributed by atoms with Crippen molar-refractivity contribution in [3.05, 3.63) is 29.8 Å². The Bertz CT molecular complexity index is 1080. The predicted molar refractivity (Wildman–Crippen MR) is 130 cm³/mol. The molecule has 5 aliphatic rings. The van der Waals surface area contributed by atoms with Gasteiger partial charge < -0.3 is 14.5 Å². The minimum Gasteiger partial charge on any atom is -0.433 e. The summed E-state index contributed by atoms with van der Waals surface area (Å²) in [6.07, 6.45) is 6.26. The molecule has 6 nitrogen and oxygen atoms in total. The zero-order valence-corrected chi connectivity index (χ0v) is 20.5. The number of hydrogen-bond acceptors (Lipinski definition) is 4. The average molecular weight is 462 g/mol. The highest BCUT2D eigenvalue weighted by molar-refractivity contribution is 5.94. The summed E-state index contributed by atoms with van der Waals surface area (Å²) in [5, 5.41) is 0. The van der Waals surface area contributed by atoms with Gasteiger partial charge in [-0.25, -0.2) is 4.79 Å². The molecular formula is C28H35N3O3. The van der Waals surface area contributed by atoms with Gasteiger partial charge >= 0.3 is 6.09 Å². The van der Waals surface area contributed by atoms with Crippen molar-refractivity contribution in [2.75, 3.05) is 24.5 Å². The fourth-order valence-electron chi connectivity index (χ4n) is 8.05. The van der Waals surface area contributed by atoms with Crippen LogP contribution < -0.4 is 4.90 Å². The van der Waals surface area contributed by atoms with Gasteiger partial charge in [-0.15, -0.1) is 5.92 Å². The zero-order valence-electron chi connectivity index (χ0n) is 20.5. The van der Waals surface area contributed by atoms with E-state index in [0.717, 1.165) is 51.0 Å². The van der Waals surface area contributed by atoms with Crippen molar-refractivity contribution >= 4 is 17.7 Å². The molecule has 2 amide bonds. The van der Waals surface area contributed by atoms with Gasteiger partial charge in [0, 0.05) is 30.6 Å². The first-order valence-electron chi connectivity index (χ1n) is 12.9. The van der Waals surface area contributed by atoms with Gasteiger partial charge in [0.25, 0.3) is 0 Å². The minimum absolute atomic E-state index is 0.0294. The molecule has 3 aliphatic heterocycles. The summed E-state index contributed by atoms with van der Waals surface area (Å²) in [4.78, 5) is 31.9. The van der Waals surface area contributed by atoms with Crippen LogP contribution in [0.5, 0.6) is 0 Å². The Labute approximate surface area is 202 Å². The Kier molecular flexibility index (Phi) is 5.01. The Morgan fingerprint density at radius 2 is 1.94 bits per heavy atom. The number of para-hydroxylation sites is 1. The summed E-state index contributed by atoms with van der Waals surface area (Å²) in [5.74, 6) is 6.51. The van der Waals surface area contributed by atoms with Crippen LogP contribution in [0, 0.1) is 17.8 Å². The number of ether oxygens (including phenoxy) is 1. The van der Waals surface area contributed by atoms with Crippen molar-refractivity contribution in [2.45, 2.75) is 88.4 Å². The molecule has 4 fully saturated rings. The Morgan fingerprint density at radius 3 is 2.68 bits per heavy atom. The van der Waals surface area contributed by atoms with Crippen molar-refractivity contribution in [3.8, 4) is 11.8 Å². The molecule has 0 aromatic heterocycles. The molecule has 0 radical (unpaired) electrons. The highest BCUT2D eigenvalue weighted by Gasteiger charge is 2.75. The third kappa shape index (κ3) is 3.05. The highest BCUT2D eigenvalue weighted by atomic mass is 16.6. The molecule has 3 heterocycles. The molecule has 5 unspecified atom stereocenters. The summed E-state index contributed by atoms with van der Waals surface area (Å²) >= 11 is 0. The second-order valence-corrected chi connectivity index (χ2v) is 11.1. The second-order valence-electron chi connectivity index (χ2n) is 11.1. The molecule has 1 aromatic rings. The van der Waals surface area contributed by atoms with Crippen LogP contribution >= 0.6 is 0 Å². The van der Waals surface area contributed by atoms with E-state index < -0.39 is 0 Å². The number of amides is 2. The number of carbonyl (C=O) groups is 2. The van der Waals surface area contributed by atoms with E-state index in [1.165, 1.54) is 18.4 Å². The van der Waals surface area contributed by atoms with Crippen molar-refractivity contribution in [2.24, 2.45) is 5.92 Å². The molecule has 0 N–H and O–H groups in total. The molecule has 34 heavy (non-hydrogen) atoms. The number of hydrogen-bond donors (Lipinski definition) is 0. The summed E-state index contributed by atoms with van der Waals surface area (Å²) in [6.45, 7) is 8.24. The van der Waals surface area contributed by atoms with Gasteiger partial charge in [-0.1, -0.05) is 24.1 Å². The number of benzene rings is 1. The monoisotopic (exact) mass is 461 g/mol. The van der Waals surface area contributed by atoms with Gasteiger partial charge in [0.05, 0.1) is 11.6 Å². The molecule has 0 bridgehead atoms. The third-order valence-corrected chi connectivity index (χ3v) is 9.58. The maximum absolute atomic E-state index is 12.9. The SMILES string of the molecule is CC#CC(C)OC(=O)N1C2CCC3CC(N4CCC5(CC4)CN(C(C)=O)c4ccccc45)CC321. The standard InChI is InChI=1S/C28H35N3O3/c1-4-7-19(2)34-26(33)31-25-11-10-21-16-22(17-28(21,25)31)29-14-12-27(13-15-29)18-30(20(3)32)24-9-6-5-8-23(24)27/h5-6,8-9,19,21-22,25H,10-18H2,1-3H3. The van der Waals surface area contributed by atoms with E-state index in [9.17, 15) is 9.59 Å². The van der Waals surface area contributed by atoms with Gasteiger partial charge in [-0.05, 0) is 83.0 Å². The van der Waals surface area contributed by atoms with E-state index in [2.05, 4.69) is 39.8 Å². The molecule has 2 saturated carbocycles. The highest BCUT2D eigenvalue weighted by Crippen LogP contribution is 2.65. The van der Waals surface area contributed by atoms with Crippen molar-refractivity contribution in [1.29, 1.82) is 0 Å². The summed E-state index contributed by atoms with van der Waals surface area (Å²) < 4.78 is 5.63. The van der Waals surface area contributed by atoms with Crippen LogP contribution in [-0.4, -0.2) is 65.2 Å². The van der Waals surface area contributed by atoms with Crippen LogP contribution in [0.15, 0.2) is 24.3 Å². The van der Waals surface area contributed by atoms with Gasteiger partial charge in [0.2, 0.25) is 5.91 Å². The van der Waals surface area contributed by atoms with Crippen LogP contribution in [0.3, 0.4) is 0 Å². The predicted octanol–water partition coefficient (Wildman–Crippen LogP) is 3.93. The molecule has 180 valence electrons. The van der Waals surface area contributed by atoms with Crippen LogP contribution in [0.1, 0.15) is 64.9 Å². The van der Waals surface area contributed by atoms with Gasteiger partial charge in [-0.2, -0.15) is 0 Å². The van der Waals surface area contributed by atoms with E-state index in [-0.39, 0.29) is 29.1 Å². The molecule has 6 heteroatoms. The number of anilines is 1. The lowest BCUT2D eigenvalue weighted by Crippen LogP contribution is -2.48. The smallest absolute Gasteiger partial charge is 0.411 e. The lowest BCUT2D eigenvalue weighted by molar-refractivity contribution is -0.116. The lowest BCUT2D eigenvalue weighted by atomic mass is 9.74. The van der Waals surface area contributed by atoms with E-state index >= 15 is 0 Å². The number of likely N-dealkylation sites (tertiary alicyclic amines) is 2. The summed E-state index contributed by atoms with van der Waals surface area (Å²) in [7, 11) is 0. The summed E-state index contributed by atoms with van der Waals surface area (Å²) in [6, 6.07) is 9.38. The quantitative estimate of drug-likeness (QED) is 0.495. The molecule has 6 rings (SSSR count). The first kappa shape index (κ1) is 22.0. The van der Waals surface area contributed by atoms with Crippen molar-refractivity contribution in [3.63, 3.8) is 0 Å². The summed E-state index contributed by atoms with van der Waals surface area (Å²) in [5.41, 5.74) is 2.57. The van der Waals surface area contributed by atoms with Crippen LogP contribution in [-0.2, 0) is 14.9 Å². The van der Waals surface area contributed by atoms with Gasteiger partial charge in [0.15, 0.2) is 6.10 Å². The fraction of sp³-hybridized carbons (Fsp3) is 0.643. The van der Waals surface area contributed by atoms with E-state index in [1.54, 1.807) is 13.8 Å². The van der Waals surface area contributed by atoms with Crippen LogP contribution in [0.2, 0.25) is 0 Å². The molecule has 2 aliphatic carbocycles. The first-order valence-corrected chi connectivity index (χ1v) is 12.9. The Morgan fingerprint density at radius 1 is 1.18 bits per heavy atom. The van der Waals surface area contributed by atoms with E-state index in [1.807, 2.05) is 17.9 Å². The van der Waals surface area contributed by atoms with Gasteiger partial charge in [-0.3, -0.25) is 9.69 Å². The first-order chi connectivity index (χ1) is 16.4. The average Bonchev–Trinajstić information content (AvgIpc) is 3.08. The number of nitrogens with zero attached hydrogens (tertiary/aromatic N) is 3. The number of carbonyl (C=O) groups excluding carboxylic acids is 2. The Balaban J connectivity index is 1.13. The topological polar surface area (TPSA) is 52.9 Å². The van der Waals surface area contributed by atoms with Crippen molar-refractivity contribution in [1.82, 2.24) is 9.80 Å². The second kappa shape index (κ2) is 7.75. The lowest BCUT2D eigenvalue weighted by Gasteiger charge is -2.42. The van der Waals surface area contributed by atoms with E-state index in [0.29, 0.717) is 18.0 Å². The molecule has 1 aromatic carbocycles. The Hall–Kier alpha value is -2.52. The van der Waals surface area contributed by atoms with E-state index in [4.69, 9.17) is 4.74 Å². The largest absolute Gasteiger partial charge is 0.433 e. The molecule has 2 saturated heterocycles. The van der Waals surface area contributed by atoms with Crippen molar-refractivity contribution < 1.29 is 14.3 Å². The molecule has 2 spiro atoms. The zero-order chi connectivity index (χ0) is 23.7. The normalized spacial score (nSPS) is 33.6. The molecular weight excluding hydrogens is 426 g/mol. The minimum atomic E-state index is -0.354. The number of fused-ring (bicyclic) bond motifs is 2.